The minimum absolute atomic E-state index is 0.194. The first-order chi connectivity index (χ1) is 8.10. The first kappa shape index (κ1) is 13.3. The van der Waals surface area contributed by atoms with Crippen molar-refractivity contribution in [3.8, 4) is 11.5 Å². The van der Waals surface area contributed by atoms with Gasteiger partial charge in [0.05, 0.1) is 25.9 Å². The molecule has 0 aromatic heterocycles. The van der Waals surface area contributed by atoms with Crippen LogP contribution in [0.5, 0.6) is 11.5 Å². The molecule has 2 N–H and O–H groups in total. The molecule has 0 saturated carbocycles. The highest BCUT2D eigenvalue weighted by Gasteiger charge is 2.16. The number of carbonyl (C=O) groups excluding carboxylic acids is 1. The van der Waals surface area contributed by atoms with E-state index in [2.05, 4.69) is 5.32 Å². The van der Waals surface area contributed by atoms with Crippen LogP contribution in [-0.4, -0.2) is 37.9 Å². The number of aliphatic hydroxyl groups is 1. The molecule has 0 saturated heterocycles. The molecule has 1 atom stereocenters. The van der Waals surface area contributed by atoms with Crippen molar-refractivity contribution < 1.29 is 19.4 Å². The van der Waals surface area contributed by atoms with Crippen molar-refractivity contribution in [2.75, 3.05) is 20.8 Å². The molecular formula is C12H17NO4. The standard InChI is InChI=1S/C12H17NO4/c1-8(14)7-13-12(15)9-5-4-6-10(16-2)11(9)17-3/h4-6,8,14H,7H2,1-3H3,(H,13,15). The maximum atomic E-state index is 11.8. The lowest BCUT2D eigenvalue weighted by molar-refractivity contribution is 0.0920. The Hall–Kier alpha value is -1.75. The Morgan fingerprint density at radius 1 is 1.41 bits per heavy atom. The van der Waals surface area contributed by atoms with Crippen LogP contribution < -0.4 is 14.8 Å². The van der Waals surface area contributed by atoms with Crippen LogP contribution in [0.4, 0.5) is 0 Å². The molecule has 0 spiro atoms. The van der Waals surface area contributed by atoms with E-state index in [0.717, 1.165) is 0 Å². The van der Waals surface area contributed by atoms with Crippen LogP contribution in [0.25, 0.3) is 0 Å². The normalized spacial score (nSPS) is 11.8. The van der Waals surface area contributed by atoms with Crippen LogP contribution in [-0.2, 0) is 0 Å². The third kappa shape index (κ3) is 3.35. The fourth-order valence-electron chi connectivity index (χ4n) is 1.40. The first-order valence-electron chi connectivity index (χ1n) is 5.27. The number of nitrogens with one attached hydrogen (secondary N) is 1. The van der Waals surface area contributed by atoms with Crippen molar-refractivity contribution in [1.29, 1.82) is 0 Å². The monoisotopic (exact) mass is 239 g/mol. The summed E-state index contributed by atoms with van der Waals surface area (Å²) < 4.78 is 10.2. The van der Waals surface area contributed by atoms with E-state index in [1.165, 1.54) is 14.2 Å². The van der Waals surface area contributed by atoms with Gasteiger partial charge >= 0.3 is 0 Å². The number of hydrogen-bond acceptors (Lipinski definition) is 4. The molecular weight excluding hydrogens is 222 g/mol. The summed E-state index contributed by atoms with van der Waals surface area (Å²) in [6, 6.07) is 5.06. The molecule has 0 heterocycles. The van der Waals surface area contributed by atoms with Gasteiger partial charge in [0.15, 0.2) is 11.5 Å². The fraction of sp³-hybridized carbons (Fsp3) is 0.417. The van der Waals surface area contributed by atoms with Gasteiger partial charge in [-0.25, -0.2) is 0 Å². The Morgan fingerprint density at radius 3 is 2.65 bits per heavy atom. The second kappa shape index (κ2) is 6.10. The van der Waals surface area contributed by atoms with E-state index in [-0.39, 0.29) is 12.5 Å². The summed E-state index contributed by atoms with van der Waals surface area (Å²) in [6.07, 6.45) is -0.587. The van der Waals surface area contributed by atoms with E-state index in [1.807, 2.05) is 0 Å². The molecule has 94 valence electrons. The molecule has 17 heavy (non-hydrogen) atoms. The van der Waals surface area contributed by atoms with E-state index < -0.39 is 6.10 Å². The van der Waals surface area contributed by atoms with Crippen LogP contribution in [0.15, 0.2) is 18.2 Å². The third-order valence-electron chi connectivity index (χ3n) is 2.21. The number of para-hydroxylation sites is 1. The zero-order valence-electron chi connectivity index (χ0n) is 10.2. The average Bonchev–Trinajstić information content (AvgIpc) is 2.34. The van der Waals surface area contributed by atoms with Crippen molar-refractivity contribution >= 4 is 5.91 Å². The van der Waals surface area contributed by atoms with Crippen LogP contribution in [0.1, 0.15) is 17.3 Å². The maximum absolute atomic E-state index is 11.8. The van der Waals surface area contributed by atoms with Gasteiger partial charge < -0.3 is 19.9 Å². The molecule has 0 fully saturated rings. The van der Waals surface area contributed by atoms with Gasteiger partial charge in [-0.2, -0.15) is 0 Å². The van der Waals surface area contributed by atoms with E-state index in [9.17, 15) is 4.79 Å². The van der Waals surface area contributed by atoms with Crippen LogP contribution in [0, 0.1) is 0 Å². The van der Waals surface area contributed by atoms with Gasteiger partial charge in [-0.05, 0) is 19.1 Å². The van der Waals surface area contributed by atoms with E-state index in [1.54, 1.807) is 25.1 Å². The molecule has 0 aliphatic carbocycles. The number of rotatable bonds is 5. The fourth-order valence-corrected chi connectivity index (χ4v) is 1.40. The largest absolute Gasteiger partial charge is 0.493 e. The number of hydrogen-bond donors (Lipinski definition) is 2. The molecule has 1 amide bonds. The average molecular weight is 239 g/mol. The number of amides is 1. The molecule has 1 unspecified atom stereocenters. The molecule has 5 nitrogen and oxygen atoms in total. The van der Waals surface area contributed by atoms with Crippen molar-refractivity contribution in [3.05, 3.63) is 23.8 Å². The van der Waals surface area contributed by atoms with E-state index >= 15 is 0 Å². The molecule has 0 bridgehead atoms. The lowest BCUT2D eigenvalue weighted by Crippen LogP contribution is -2.30. The number of methoxy groups -OCH3 is 2. The quantitative estimate of drug-likeness (QED) is 0.798. The Morgan fingerprint density at radius 2 is 2.12 bits per heavy atom. The Balaban J connectivity index is 2.92. The van der Waals surface area contributed by atoms with Crippen molar-refractivity contribution in [3.63, 3.8) is 0 Å². The molecule has 0 radical (unpaired) electrons. The summed E-state index contributed by atoms with van der Waals surface area (Å²) in [6.45, 7) is 1.79. The van der Waals surface area contributed by atoms with Gasteiger partial charge in [-0.1, -0.05) is 6.07 Å². The molecule has 1 aromatic rings. The number of aliphatic hydroxyl groups excluding tert-OH is 1. The highest BCUT2D eigenvalue weighted by Crippen LogP contribution is 2.30. The predicted octanol–water partition coefficient (Wildman–Crippen LogP) is 0.814. The molecule has 1 rings (SSSR count). The van der Waals surface area contributed by atoms with E-state index in [4.69, 9.17) is 14.6 Å². The second-order valence-corrected chi connectivity index (χ2v) is 3.60. The van der Waals surface area contributed by atoms with Crippen LogP contribution in [0.2, 0.25) is 0 Å². The van der Waals surface area contributed by atoms with Gasteiger partial charge in [0, 0.05) is 6.54 Å². The van der Waals surface area contributed by atoms with Crippen LogP contribution in [0.3, 0.4) is 0 Å². The highest BCUT2D eigenvalue weighted by molar-refractivity contribution is 5.97. The summed E-state index contributed by atoms with van der Waals surface area (Å²) in [7, 11) is 2.98. The summed E-state index contributed by atoms with van der Waals surface area (Å²) in [5.41, 5.74) is 0.382. The number of benzene rings is 1. The van der Waals surface area contributed by atoms with Gasteiger partial charge in [-0.3, -0.25) is 4.79 Å². The summed E-state index contributed by atoms with van der Waals surface area (Å²) in [5, 5.41) is 11.7. The summed E-state index contributed by atoms with van der Waals surface area (Å²) >= 11 is 0. The number of carbonyl (C=O) groups is 1. The van der Waals surface area contributed by atoms with E-state index in [0.29, 0.717) is 17.1 Å². The molecule has 0 aliphatic rings. The van der Waals surface area contributed by atoms with Gasteiger partial charge in [0.2, 0.25) is 0 Å². The van der Waals surface area contributed by atoms with Gasteiger partial charge in [0.25, 0.3) is 5.91 Å². The molecule has 1 aromatic carbocycles. The smallest absolute Gasteiger partial charge is 0.255 e. The highest BCUT2D eigenvalue weighted by atomic mass is 16.5. The van der Waals surface area contributed by atoms with Crippen molar-refractivity contribution in [2.45, 2.75) is 13.0 Å². The first-order valence-corrected chi connectivity index (χ1v) is 5.27. The van der Waals surface area contributed by atoms with Gasteiger partial charge in [0.1, 0.15) is 0 Å². The molecule has 0 aliphatic heterocycles. The van der Waals surface area contributed by atoms with Crippen molar-refractivity contribution in [2.24, 2.45) is 0 Å². The zero-order valence-corrected chi connectivity index (χ0v) is 10.2. The SMILES string of the molecule is COc1cccc(C(=O)NCC(C)O)c1OC. The Bertz CT molecular complexity index is 390. The maximum Gasteiger partial charge on any atom is 0.255 e. The Labute approximate surface area is 100 Å². The summed E-state index contributed by atoms with van der Waals surface area (Å²) in [5.74, 6) is 0.580. The molecule has 5 heteroatoms. The van der Waals surface area contributed by atoms with Crippen molar-refractivity contribution in [1.82, 2.24) is 5.32 Å². The number of ether oxygens (including phenoxy) is 2. The topological polar surface area (TPSA) is 67.8 Å². The minimum Gasteiger partial charge on any atom is -0.493 e. The minimum atomic E-state index is -0.587. The third-order valence-corrected chi connectivity index (χ3v) is 2.21. The summed E-state index contributed by atoms with van der Waals surface area (Å²) in [4.78, 5) is 11.8. The lowest BCUT2D eigenvalue weighted by atomic mass is 10.1. The Kier molecular flexibility index (Phi) is 4.78. The van der Waals surface area contributed by atoms with Gasteiger partial charge in [-0.15, -0.1) is 0 Å². The second-order valence-electron chi connectivity index (χ2n) is 3.60. The van der Waals surface area contributed by atoms with Crippen LogP contribution >= 0.6 is 0 Å². The zero-order chi connectivity index (χ0) is 12.8. The predicted molar refractivity (Wildman–Crippen MR) is 63.6 cm³/mol. The lowest BCUT2D eigenvalue weighted by Gasteiger charge is -2.13.